The summed E-state index contributed by atoms with van der Waals surface area (Å²) in [4.78, 5) is 17.9. The van der Waals surface area contributed by atoms with E-state index in [4.69, 9.17) is 10.5 Å². The molecular weight excluding hydrogens is 278 g/mol. The maximum absolute atomic E-state index is 11.5. The second-order valence-electron chi connectivity index (χ2n) is 5.53. The number of ether oxygens (including phenoxy) is 1. The molecule has 1 aliphatic heterocycles. The van der Waals surface area contributed by atoms with Crippen molar-refractivity contribution in [3.8, 4) is 5.88 Å². The van der Waals surface area contributed by atoms with E-state index in [1.54, 1.807) is 12.3 Å². The fourth-order valence-electron chi connectivity index (χ4n) is 2.70. The molecular formula is C17H19N3O2. The van der Waals surface area contributed by atoms with Crippen LogP contribution in [0.25, 0.3) is 0 Å². The minimum absolute atomic E-state index is 0.0659. The zero-order valence-corrected chi connectivity index (χ0v) is 12.5. The van der Waals surface area contributed by atoms with E-state index < -0.39 is 5.91 Å². The van der Waals surface area contributed by atoms with Gasteiger partial charge in [-0.25, -0.2) is 4.98 Å². The van der Waals surface area contributed by atoms with Crippen LogP contribution in [0.5, 0.6) is 5.88 Å². The lowest BCUT2D eigenvalue weighted by Gasteiger charge is -2.21. The van der Waals surface area contributed by atoms with Crippen molar-refractivity contribution in [3.63, 3.8) is 0 Å². The number of nitrogens with two attached hydrogens (primary N) is 1. The molecule has 5 heteroatoms. The van der Waals surface area contributed by atoms with Crippen molar-refractivity contribution in [1.82, 2.24) is 4.98 Å². The summed E-state index contributed by atoms with van der Waals surface area (Å²) in [5.74, 6) is 0.237. The minimum Gasteiger partial charge on any atom is -0.472 e. The summed E-state index contributed by atoms with van der Waals surface area (Å²) in [6.07, 6.45) is 2.75. The van der Waals surface area contributed by atoms with E-state index in [1.165, 1.54) is 0 Å². The third-order valence-corrected chi connectivity index (χ3v) is 3.83. The maximum Gasteiger partial charge on any atom is 0.250 e. The number of anilines is 1. The van der Waals surface area contributed by atoms with Crippen LogP contribution in [-0.4, -0.2) is 30.1 Å². The van der Waals surface area contributed by atoms with Gasteiger partial charge in [-0.15, -0.1) is 0 Å². The average molecular weight is 297 g/mol. The van der Waals surface area contributed by atoms with E-state index in [2.05, 4.69) is 9.88 Å². The molecule has 0 spiro atoms. The van der Waals surface area contributed by atoms with Crippen molar-refractivity contribution >= 4 is 11.6 Å². The van der Waals surface area contributed by atoms with Gasteiger partial charge in [0, 0.05) is 30.9 Å². The molecule has 1 aromatic heterocycles. The van der Waals surface area contributed by atoms with Crippen LogP contribution in [0.1, 0.15) is 22.3 Å². The number of para-hydroxylation sites is 1. The number of carbonyl (C=O) groups excluding carboxylic acids is 1. The second kappa shape index (κ2) is 6.05. The normalized spacial score (nSPS) is 17.5. The Hall–Kier alpha value is -2.56. The summed E-state index contributed by atoms with van der Waals surface area (Å²) in [5.41, 5.74) is 7.98. The molecule has 2 heterocycles. The van der Waals surface area contributed by atoms with Gasteiger partial charge in [0.15, 0.2) is 0 Å². The molecule has 2 N–H and O–H groups in total. The van der Waals surface area contributed by atoms with Crippen molar-refractivity contribution < 1.29 is 9.53 Å². The number of benzene rings is 1. The monoisotopic (exact) mass is 297 g/mol. The average Bonchev–Trinajstić information content (AvgIpc) is 2.98. The van der Waals surface area contributed by atoms with Gasteiger partial charge in [0.25, 0.3) is 5.91 Å². The number of amides is 1. The molecule has 22 heavy (non-hydrogen) atoms. The van der Waals surface area contributed by atoms with Crippen molar-refractivity contribution in [2.45, 2.75) is 19.4 Å². The number of primary amides is 1. The van der Waals surface area contributed by atoms with E-state index in [-0.39, 0.29) is 6.10 Å². The first-order chi connectivity index (χ1) is 10.6. The fourth-order valence-corrected chi connectivity index (χ4v) is 2.70. The van der Waals surface area contributed by atoms with Crippen molar-refractivity contribution in [2.75, 3.05) is 18.0 Å². The number of hydrogen-bond acceptors (Lipinski definition) is 4. The topological polar surface area (TPSA) is 68.5 Å². The molecule has 1 atom stereocenters. The molecule has 1 amide bonds. The lowest BCUT2D eigenvalue weighted by Crippen LogP contribution is -2.27. The van der Waals surface area contributed by atoms with Crippen LogP contribution >= 0.6 is 0 Å². The first-order valence-electron chi connectivity index (χ1n) is 7.36. The fraction of sp³-hybridized carbons (Fsp3) is 0.294. The van der Waals surface area contributed by atoms with Crippen molar-refractivity contribution in [1.29, 1.82) is 0 Å². The molecule has 3 rings (SSSR count). The molecule has 0 aliphatic carbocycles. The van der Waals surface area contributed by atoms with Crippen LogP contribution in [0.3, 0.4) is 0 Å². The molecule has 114 valence electrons. The number of pyridine rings is 1. The Morgan fingerprint density at radius 1 is 1.32 bits per heavy atom. The summed E-state index contributed by atoms with van der Waals surface area (Å²) in [6, 6.07) is 11.3. The quantitative estimate of drug-likeness (QED) is 0.939. The van der Waals surface area contributed by atoms with Gasteiger partial charge in [-0.05, 0) is 24.6 Å². The van der Waals surface area contributed by atoms with Gasteiger partial charge in [-0.3, -0.25) is 4.79 Å². The highest BCUT2D eigenvalue weighted by Crippen LogP contribution is 2.26. The van der Waals surface area contributed by atoms with Gasteiger partial charge in [0.05, 0.1) is 12.1 Å². The molecule has 0 bridgehead atoms. The van der Waals surface area contributed by atoms with Crippen LogP contribution < -0.4 is 15.4 Å². The Morgan fingerprint density at radius 2 is 2.14 bits per heavy atom. The molecule has 0 radical (unpaired) electrons. The van der Waals surface area contributed by atoms with E-state index >= 15 is 0 Å². The smallest absolute Gasteiger partial charge is 0.250 e. The van der Waals surface area contributed by atoms with E-state index in [0.717, 1.165) is 30.8 Å². The van der Waals surface area contributed by atoms with Crippen LogP contribution in [-0.2, 0) is 0 Å². The number of rotatable bonds is 4. The molecule has 1 aromatic carbocycles. The van der Waals surface area contributed by atoms with Gasteiger partial charge in [-0.2, -0.15) is 0 Å². The molecule has 0 unspecified atom stereocenters. The number of carbonyl (C=O) groups is 1. The standard InChI is InChI=1S/C17H19N3O2/c1-12-6-7-16(19-10-12)22-13-8-9-20(11-13)15-5-3-2-4-14(15)17(18)21/h2-7,10,13H,8-9,11H2,1H3,(H2,18,21)/t13-/m1/s1. The summed E-state index contributed by atoms with van der Waals surface area (Å²) in [5, 5.41) is 0. The Bertz CT molecular complexity index is 670. The summed E-state index contributed by atoms with van der Waals surface area (Å²) in [6.45, 7) is 3.55. The predicted octanol–water partition coefficient (Wildman–Crippen LogP) is 2.15. The summed E-state index contributed by atoms with van der Waals surface area (Å²) < 4.78 is 5.91. The minimum atomic E-state index is -0.403. The Kier molecular flexibility index (Phi) is 3.96. The summed E-state index contributed by atoms with van der Waals surface area (Å²) >= 11 is 0. The number of aromatic nitrogens is 1. The largest absolute Gasteiger partial charge is 0.472 e. The van der Waals surface area contributed by atoms with Gasteiger partial charge in [0.2, 0.25) is 5.88 Å². The van der Waals surface area contributed by atoms with E-state index in [0.29, 0.717) is 11.4 Å². The lowest BCUT2D eigenvalue weighted by atomic mass is 10.1. The highest BCUT2D eigenvalue weighted by Gasteiger charge is 2.26. The number of hydrogen-bond donors (Lipinski definition) is 1. The van der Waals surface area contributed by atoms with Gasteiger partial charge in [0.1, 0.15) is 6.10 Å². The molecule has 1 fully saturated rings. The molecule has 5 nitrogen and oxygen atoms in total. The van der Waals surface area contributed by atoms with Crippen molar-refractivity contribution in [3.05, 3.63) is 53.7 Å². The third-order valence-electron chi connectivity index (χ3n) is 3.83. The highest BCUT2D eigenvalue weighted by molar-refractivity contribution is 5.98. The number of aryl methyl sites for hydroxylation is 1. The molecule has 1 aliphatic rings. The molecule has 1 saturated heterocycles. The van der Waals surface area contributed by atoms with Gasteiger partial charge in [-0.1, -0.05) is 18.2 Å². The molecule has 2 aromatic rings. The third kappa shape index (κ3) is 3.03. The van der Waals surface area contributed by atoms with Gasteiger partial charge >= 0.3 is 0 Å². The van der Waals surface area contributed by atoms with Crippen LogP contribution in [0, 0.1) is 6.92 Å². The second-order valence-corrected chi connectivity index (χ2v) is 5.53. The lowest BCUT2D eigenvalue weighted by molar-refractivity contribution is 0.100. The van der Waals surface area contributed by atoms with Gasteiger partial charge < -0.3 is 15.4 Å². The van der Waals surface area contributed by atoms with Crippen LogP contribution in [0.15, 0.2) is 42.6 Å². The Labute approximate surface area is 129 Å². The zero-order chi connectivity index (χ0) is 15.5. The van der Waals surface area contributed by atoms with E-state index in [1.807, 2.05) is 37.3 Å². The predicted molar refractivity (Wildman–Crippen MR) is 85.2 cm³/mol. The van der Waals surface area contributed by atoms with Crippen molar-refractivity contribution in [2.24, 2.45) is 5.73 Å². The SMILES string of the molecule is Cc1ccc(O[C@@H]2CCN(c3ccccc3C(N)=O)C2)nc1. The van der Waals surface area contributed by atoms with E-state index in [9.17, 15) is 4.79 Å². The first kappa shape index (κ1) is 14.4. The number of nitrogens with zero attached hydrogens (tertiary/aromatic N) is 2. The summed E-state index contributed by atoms with van der Waals surface area (Å²) in [7, 11) is 0. The first-order valence-corrected chi connectivity index (χ1v) is 7.36. The molecule has 0 saturated carbocycles. The maximum atomic E-state index is 11.5. The van der Waals surface area contributed by atoms with Crippen LogP contribution in [0.4, 0.5) is 5.69 Å². The Morgan fingerprint density at radius 3 is 2.86 bits per heavy atom. The Balaban J connectivity index is 1.70. The highest BCUT2D eigenvalue weighted by atomic mass is 16.5. The zero-order valence-electron chi connectivity index (χ0n) is 12.5. The van der Waals surface area contributed by atoms with Crippen LogP contribution in [0.2, 0.25) is 0 Å².